The summed E-state index contributed by atoms with van der Waals surface area (Å²) in [6, 6.07) is 11.4. The fraction of sp³-hybridized carbons (Fsp3) is 0.296. The zero-order chi connectivity index (χ0) is 27.4. The summed E-state index contributed by atoms with van der Waals surface area (Å²) < 4.78 is 39.8. The molecule has 38 heavy (non-hydrogen) atoms. The number of hydrogen-bond acceptors (Lipinski definition) is 6. The van der Waals surface area contributed by atoms with E-state index in [-0.39, 0.29) is 28.6 Å². The maximum atomic E-state index is 13.3. The smallest absolute Gasteiger partial charge is 0.471 e. The van der Waals surface area contributed by atoms with Crippen molar-refractivity contribution in [2.75, 3.05) is 49.6 Å². The van der Waals surface area contributed by atoms with E-state index in [2.05, 4.69) is 26.8 Å². The molecule has 0 atom stereocenters. The highest BCUT2D eigenvalue weighted by Crippen LogP contribution is 2.30. The Hall–Kier alpha value is -4.12. The van der Waals surface area contributed by atoms with Gasteiger partial charge in [0.1, 0.15) is 0 Å². The predicted molar refractivity (Wildman–Crippen MR) is 143 cm³/mol. The summed E-state index contributed by atoms with van der Waals surface area (Å²) >= 11 is 0. The Kier molecular flexibility index (Phi) is 7.86. The number of benzene rings is 2. The number of alkyl halides is 3. The van der Waals surface area contributed by atoms with Crippen molar-refractivity contribution >= 4 is 40.0 Å². The van der Waals surface area contributed by atoms with Gasteiger partial charge >= 0.3 is 12.1 Å². The number of aromatic amines is 1. The number of rotatable bonds is 6. The number of carbonyl (C=O) groups is 1. The number of aromatic nitrogens is 1. The quantitative estimate of drug-likeness (QED) is 0.370. The van der Waals surface area contributed by atoms with Crippen molar-refractivity contribution in [2.45, 2.75) is 13.1 Å². The van der Waals surface area contributed by atoms with E-state index in [1.54, 1.807) is 6.92 Å². The first-order valence-electron chi connectivity index (χ1n) is 12.0. The number of carbonyl (C=O) groups excluding carboxylic acids is 1. The highest BCUT2D eigenvalue weighted by molar-refractivity contribution is 6.05. The first-order valence-corrected chi connectivity index (χ1v) is 12.0. The molecule has 1 saturated heterocycles. The molecule has 8 nitrogen and oxygen atoms in total. The molecule has 0 aliphatic carbocycles. The summed E-state index contributed by atoms with van der Waals surface area (Å²) in [4.78, 5) is 36.4. The molecule has 2 heterocycles. The molecule has 1 aliphatic heterocycles. The standard InChI is InChI=1S/C27H28F3N5O3/c1-3-4-11-35(26(38)27(28,29)30)20-9-10-21-22(16-20)23(25(37)32-24(21)36)17-31-18-5-7-19(8-6-18)34-14-12-33(2)13-15-34/h3-10,16-17H,11-15H2,1-2H3,(H2,32,36,37)/b4-3+,31-17?. The van der Waals surface area contributed by atoms with Crippen molar-refractivity contribution in [3.05, 3.63) is 70.5 Å². The van der Waals surface area contributed by atoms with Crippen molar-refractivity contribution < 1.29 is 23.1 Å². The van der Waals surface area contributed by atoms with Crippen molar-refractivity contribution in [3.8, 4) is 5.88 Å². The van der Waals surface area contributed by atoms with Gasteiger partial charge in [-0.1, -0.05) is 12.2 Å². The number of aliphatic imine (C=N–C) groups is 1. The number of piperazine rings is 1. The van der Waals surface area contributed by atoms with Crippen LogP contribution in [0.3, 0.4) is 0 Å². The lowest BCUT2D eigenvalue weighted by Crippen LogP contribution is -2.44. The molecule has 0 unspecified atom stereocenters. The maximum absolute atomic E-state index is 13.3. The number of pyridine rings is 1. The topological polar surface area (TPSA) is 92.2 Å². The van der Waals surface area contributed by atoms with Gasteiger partial charge in [-0.15, -0.1) is 0 Å². The van der Waals surface area contributed by atoms with Gasteiger partial charge < -0.3 is 19.8 Å². The van der Waals surface area contributed by atoms with E-state index in [1.165, 1.54) is 36.6 Å². The Labute approximate surface area is 217 Å². The lowest BCUT2D eigenvalue weighted by Gasteiger charge is -2.34. The van der Waals surface area contributed by atoms with Crippen LogP contribution in [-0.4, -0.2) is 73.1 Å². The number of nitrogens with zero attached hydrogens (tertiary/aromatic N) is 4. The van der Waals surface area contributed by atoms with E-state index >= 15 is 0 Å². The number of hydrogen-bond donors (Lipinski definition) is 2. The van der Waals surface area contributed by atoms with Crippen molar-refractivity contribution in [2.24, 2.45) is 4.99 Å². The Balaban J connectivity index is 1.69. The van der Waals surface area contributed by atoms with Crippen molar-refractivity contribution in [1.82, 2.24) is 9.88 Å². The Morgan fingerprint density at radius 3 is 2.42 bits per heavy atom. The number of amides is 1. The van der Waals surface area contributed by atoms with Gasteiger partial charge in [0.25, 0.3) is 5.56 Å². The van der Waals surface area contributed by atoms with Crippen LogP contribution in [0, 0.1) is 0 Å². The van der Waals surface area contributed by atoms with E-state index < -0.39 is 23.5 Å². The summed E-state index contributed by atoms with van der Waals surface area (Å²) in [5, 5.41) is 10.8. The van der Waals surface area contributed by atoms with Crippen LogP contribution in [0.1, 0.15) is 12.5 Å². The van der Waals surface area contributed by atoms with Crippen LogP contribution in [-0.2, 0) is 4.79 Å². The van der Waals surface area contributed by atoms with E-state index in [0.717, 1.165) is 31.9 Å². The first kappa shape index (κ1) is 26.9. The third-order valence-corrected chi connectivity index (χ3v) is 6.41. The van der Waals surface area contributed by atoms with Crippen LogP contribution < -0.4 is 15.4 Å². The monoisotopic (exact) mass is 527 g/mol. The van der Waals surface area contributed by atoms with Crippen molar-refractivity contribution in [3.63, 3.8) is 0 Å². The molecule has 1 amide bonds. The second-order valence-corrected chi connectivity index (χ2v) is 8.99. The van der Waals surface area contributed by atoms with Gasteiger partial charge in [0.2, 0.25) is 5.88 Å². The van der Waals surface area contributed by atoms with E-state index in [4.69, 9.17) is 0 Å². The SMILES string of the molecule is C/C=C/CN(C(=O)C(F)(F)F)c1ccc2c(=O)[nH]c(O)c(C=Nc3ccc(N4CCN(C)CC4)cc3)c2c1. The third kappa shape index (κ3) is 5.88. The van der Waals surface area contributed by atoms with Crippen LogP contribution in [0.15, 0.2) is 64.4 Å². The van der Waals surface area contributed by atoms with Gasteiger partial charge in [0.05, 0.1) is 11.3 Å². The molecular formula is C27H28F3N5O3. The molecule has 0 bridgehead atoms. The van der Waals surface area contributed by atoms with Gasteiger partial charge in [-0.25, -0.2) is 0 Å². The molecule has 1 fully saturated rings. The molecule has 200 valence electrons. The predicted octanol–water partition coefficient (Wildman–Crippen LogP) is 4.21. The minimum absolute atomic E-state index is 0.0749. The molecule has 0 spiro atoms. The first-order chi connectivity index (χ1) is 18.1. The largest absolute Gasteiger partial charge is 0.494 e. The zero-order valence-corrected chi connectivity index (χ0v) is 21.0. The third-order valence-electron chi connectivity index (χ3n) is 6.41. The number of halogens is 3. The van der Waals surface area contributed by atoms with E-state index in [1.807, 2.05) is 24.3 Å². The average Bonchev–Trinajstić information content (AvgIpc) is 2.89. The molecule has 4 rings (SSSR count). The summed E-state index contributed by atoms with van der Waals surface area (Å²) in [7, 11) is 2.09. The normalized spacial score (nSPS) is 15.1. The number of anilines is 2. The molecule has 11 heteroatoms. The number of H-pyrrole nitrogens is 1. The number of fused-ring (bicyclic) bond motifs is 1. The highest BCUT2D eigenvalue weighted by Gasteiger charge is 2.42. The summed E-state index contributed by atoms with van der Waals surface area (Å²) in [6.07, 6.45) is -0.809. The molecule has 0 radical (unpaired) electrons. The number of allylic oxidation sites excluding steroid dienone is 1. The van der Waals surface area contributed by atoms with E-state index in [9.17, 15) is 27.9 Å². The van der Waals surface area contributed by atoms with Crippen LogP contribution in [0.5, 0.6) is 5.88 Å². The summed E-state index contributed by atoms with van der Waals surface area (Å²) in [5.74, 6) is -2.53. The number of likely N-dealkylation sites (N-methyl/N-ethyl adjacent to an activating group) is 1. The molecule has 3 aromatic rings. The second-order valence-electron chi connectivity index (χ2n) is 8.99. The fourth-order valence-electron chi connectivity index (χ4n) is 4.24. The summed E-state index contributed by atoms with van der Waals surface area (Å²) in [5.41, 5.74) is 1.05. The van der Waals surface area contributed by atoms with E-state index in [0.29, 0.717) is 10.6 Å². The maximum Gasteiger partial charge on any atom is 0.471 e. The molecule has 2 N–H and O–H groups in total. The van der Waals surface area contributed by atoms with Crippen molar-refractivity contribution in [1.29, 1.82) is 0 Å². The molecule has 2 aromatic carbocycles. The average molecular weight is 528 g/mol. The van der Waals surface area contributed by atoms with Crippen LogP contribution in [0.2, 0.25) is 0 Å². The minimum Gasteiger partial charge on any atom is -0.494 e. The number of nitrogens with one attached hydrogen (secondary N) is 1. The Bertz CT molecular complexity index is 1420. The van der Waals surface area contributed by atoms with Gasteiger partial charge in [0, 0.05) is 61.1 Å². The highest BCUT2D eigenvalue weighted by atomic mass is 19.4. The Morgan fingerprint density at radius 1 is 1.11 bits per heavy atom. The van der Waals surface area contributed by atoms with Gasteiger partial charge in [0.15, 0.2) is 0 Å². The molecule has 0 saturated carbocycles. The number of aromatic hydroxyl groups is 1. The summed E-state index contributed by atoms with van der Waals surface area (Å²) in [6.45, 7) is 5.09. The van der Waals surface area contributed by atoms with Gasteiger partial charge in [-0.3, -0.25) is 19.6 Å². The molecule has 1 aliphatic rings. The fourth-order valence-corrected chi connectivity index (χ4v) is 4.24. The lowest BCUT2D eigenvalue weighted by atomic mass is 10.1. The Morgan fingerprint density at radius 2 is 1.79 bits per heavy atom. The van der Waals surface area contributed by atoms with Crippen LogP contribution in [0.4, 0.5) is 30.2 Å². The van der Waals surface area contributed by atoms with Gasteiger partial charge in [-0.05, 0) is 56.4 Å². The zero-order valence-electron chi connectivity index (χ0n) is 21.0. The van der Waals surface area contributed by atoms with Crippen LogP contribution >= 0.6 is 0 Å². The molecular weight excluding hydrogens is 499 g/mol. The molecule has 1 aromatic heterocycles. The second kappa shape index (κ2) is 11.1. The van der Waals surface area contributed by atoms with Gasteiger partial charge in [-0.2, -0.15) is 13.2 Å². The van der Waals surface area contributed by atoms with Crippen LogP contribution in [0.25, 0.3) is 10.8 Å². The minimum atomic E-state index is -5.09. The lowest BCUT2D eigenvalue weighted by molar-refractivity contribution is -0.170.